The van der Waals surface area contributed by atoms with Gasteiger partial charge in [-0.3, -0.25) is 9.48 Å². The normalized spacial score (nSPS) is 27.6. The summed E-state index contributed by atoms with van der Waals surface area (Å²) in [6, 6.07) is 2.48. The van der Waals surface area contributed by atoms with E-state index in [9.17, 15) is 4.79 Å². The maximum Gasteiger partial charge on any atom is 0.272 e. The molecule has 138 valence electrons. The molecule has 3 fully saturated rings. The number of aromatic nitrogens is 2. The van der Waals surface area contributed by atoms with Crippen LogP contribution in [0.4, 0.5) is 0 Å². The van der Waals surface area contributed by atoms with Crippen molar-refractivity contribution in [1.29, 1.82) is 0 Å². The molecule has 0 aliphatic carbocycles. The number of hydrogen-bond donors (Lipinski definition) is 0. The van der Waals surface area contributed by atoms with Crippen LogP contribution in [0.5, 0.6) is 0 Å². The van der Waals surface area contributed by atoms with Crippen molar-refractivity contribution in [2.24, 2.45) is 7.05 Å². The highest BCUT2D eigenvalue weighted by atomic mass is 16.5. The predicted molar refractivity (Wildman–Crippen MR) is 95.5 cm³/mol. The highest BCUT2D eigenvalue weighted by Gasteiger charge is 2.42. The Balaban J connectivity index is 1.37. The standard InChI is InChI=1S/C19H30N4O2/c1-21-17(5-9-20-21)18(24)23-12-7-19(8-13-23)15-16(6-14-25-19)22-10-3-2-4-11-22/h5,9,16H,2-4,6-8,10-15H2,1H3. The molecule has 0 bridgehead atoms. The first kappa shape index (κ1) is 17.0. The van der Waals surface area contributed by atoms with E-state index in [1.807, 2.05) is 11.9 Å². The van der Waals surface area contributed by atoms with Gasteiger partial charge in [-0.1, -0.05) is 6.42 Å². The minimum Gasteiger partial charge on any atom is -0.375 e. The molecule has 0 N–H and O–H groups in total. The topological polar surface area (TPSA) is 50.6 Å². The summed E-state index contributed by atoms with van der Waals surface area (Å²) in [7, 11) is 1.83. The molecule has 25 heavy (non-hydrogen) atoms. The summed E-state index contributed by atoms with van der Waals surface area (Å²) in [5, 5.41) is 4.12. The molecule has 4 rings (SSSR count). The SMILES string of the molecule is Cn1nccc1C(=O)N1CCC2(CC1)CC(N1CCCCC1)CCO2. The van der Waals surface area contributed by atoms with Crippen molar-refractivity contribution in [1.82, 2.24) is 19.6 Å². The average Bonchev–Trinajstić information content (AvgIpc) is 3.09. The van der Waals surface area contributed by atoms with Gasteiger partial charge in [0.2, 0.25) is 0 Å². The van der Waals surface area contributed by atoms with Gasteiger partial charge in [0.25, 0.3) is 5.91 Å². The van der Waals surface area contributed by atoms with Gasteiger partial charge in [0.15, 0.2) is 0 Å². The first-order chi connectivity index (χ1) is 12.2. The Labute approximate surface area is 150 Å². The van der Waals surface area contributed by atoms with Gasteiger partial charge in [0.1, 0.15) is 5.69 Å². The van der Waals surface area contributed by atoms with Crippen molar-refractivity contribution in [2.75, 3.05) is 32.8 Å². The van der Waals surface area contributed by atoms with Crippen LogP contribution in [0, 0.1) is 0 Å². The predicted octanol–water partition coefficient (Wildman–Crippen LogP) is 2.06. The first-order valence-corrected chi connectivity index (χ1v) is 9.82. The van der Waals surface area contributed by atoms with Crippen LogP contribution in [0.1, 0.15) is 55.4 Å². The second-order valence-corrected chi connectivity index (χ2v) is 7.91. The van der Waals surface area contributed by atoms with Gasteiger partial charge in [-0.25, -0.2) is 0 Å². The Morgan fingerprint density at radius 1 is 1.20 bits per heavy atom. The highest BCUT2D eigenvalue weighted by Crippen LogP contribution is 2.37. The van der Waals surface area contributed by atoms with Gasteiger partial charge in [-0.2, -0.15) is 5.10 Å². The number of carbonyl (C=O) groups excluding carboxylic acids is 1. The number of piperidine rings is 2. The molecular formula is C19H30N4O2. The second kappa shape index (κ2) is 7.08. The van der Waals surface area contributed by atoms with Gasteiger partial charge in [-0.15, -0.1) is 0 Å². The van der Waals surface area contributed by atoms with E-state index in [0.717, 1.165) is 39.0 Å². The van der Waals surface area contributed by atoms with E-state index in [1.165, 1.54) is 38.8 Å². The molecule has 1 unspecified atom stereocenters. The largest absolute Gasteiger partial charge is 0.375 e. The summed E-state index contributed by atoms with van der Waals surface area (Å²) in [4.78, 5) is 17.3. The van der Waals surface area contributed by atoms with Crippen LogP contribution in [0.15, 0.2) is 12.3 Å². The molecule has 6 heteroatoms. The van der Waals surface area contributed by atoms with Crippen LogP contribution < -0.4 is 0 Å². The van der Waals surface area contributed by atoms with Crippen molar-refractivity contribution in [3.8, 4) is 0 Å². The maximum absolute atomic E-state index is 12.7. The fourth-order valence-corrected chi connectivity index (χ4v) is 4.81. The fourth-order valence-electron chi connectivity index (χ4n) is 4.81. The molecule has 3 aliphatic rings. The summed E-state index contributed by atoms with van der Waals surface area (Å²) >= 11 is 0. The summed E-state index contributed by atoms with van der Waals surface area (Å²) in [6.07, 6.45) is 9.98. The molecular weight excluding hydrogens is 316 g/mol. The summed E-state index contributed by atoms with van der Waals surface area (Å²) in [5.41, 5.74) is 0.663. The minimum absolute atomic E-state index is 0.0103. The fraction of sp³-hybridized carbons (Fsp3) is 0.789. The molecule has 0 aromatic carbocycles. The van der Waals surface area contributed by atoms with Crippen molar-refractivity contribution in [3.05, 3.63) is 18.0 Å². The average molecular weight is 346 g/mol. The van der Waals surface area contributed by atoms with Gasteiger partial charge in [0.05, 0.1) is 5.60 Å². The molecule has 1 spiro atoms. The van der Waals surface area contributed by atoms with Gasteiger partial charge < -0.3 is 14.5 Å². The number of hydrogen-bond acceptors (Lipinski definition) is 4. The van der Waals surface area contributed by atoms with Crippen molar-refractivity contribution >= 4 is 5.91 Å². The maximum atomic E-state index is 12.7. The van der Waals surface area contributed by atoms with E-state index in [2.05, 4.69) is 10.00 Å². The number of amides is 1. The van der Waals surface area contributed by atoms with Gasteiger partial charge in [0, 0.05) is 39.0 Å². The molecule has 1 aromatic heterocycles. The van der Waals surface area contributed by atoms with Crippen molar-refractivity contribution < 1.29 is 9.53 Å². The van der Waals surface area contributed by atoms with Crippen LogP contribution in [0.2, 0.25) is 0 Å². The second-order valence-electron chi connectivity index (χ2n) is 7.91. The lowest BCUT2D eigenvalue weighted by atomic mass is 9.81. The Hall–Kier alpha value is -1.40. The number of aryl methyl sites for hydroxylation is 1. The number of likely N-dealkylation sites (tertiary alicyclic amines) is 2. The molecule has 3 aliphatic heterocycles. The summed E-state index contributed by atoms with van der Waals surface area (Å²) in [6.45, 7) is 4.96. The molecule has 1 amide bonds. The van der Waals surface area contributed by atoms with E-state index < -0.39 is 0 Å². The Kier molecular flexibility index (Phi) is 4.82. The van der Waals surface area contributed by atoms with E-state index in [0.29, 0.717) is 11.7 Å². The quantitative estimate of drug-likeness (QED) is 0.822. The molecule has 6 nitrogen and oxygen atoms in total. The van der Waals surface area contributed by atoms with Crippen LogP contribution in [0.25, 0.3) is 0 Å². The lowest BCUT2D eigenvalue weighted by Gasteiger charge is -2.49. The first-order valence-electron chi connectivity index (χ1n) is 9.82. The lowest BCUT2D eigenvalue weighted by Crippen LogP contribution is -2.55. The zero-order valence-corrected chi connectivity index (χ0v) is 15.3. The van der Waals surface area contributed by atoms with E-state index in [1.54, 1.807) is 16.9 Å². The van der Waals surface area contributed by atoms with Crippen LogP contribution in [0.3, 0.4) is 0 Å². The highest BCUT2D eigenvalue weighted by molar-refractivity contribution is 5.92. The Bertz CT molecular complexity index is 600. The molecule has 1 atom stereocenters. The van der Waals surface area contributed by atoms with E-state index >= 15 is 0 Å². The minimum atomic E-state index is -0.0103. The van der Waals surface area contributed by atoms with Crippen molar-refractivity contribution in [3.63, 3.8) is 0 Å². The third-order valence-electron chi connectivity index (χ3n) is 6.38. The smallest absolute Gasteiger partial charge is 0.272 e. The van der Waals surface area contributed by atoms with Gasteiger partial charge >= 0.3 is 0 Å². The zero-order chi connectivity index (χ0) is 17.3. The number of carbonyl (C=O) groups is 1. The Morgan fingerprint density at radius 2 is 1.96 bits per heavy atom. The molecule has 3 saturated heterocycles. The molecule has 0 radical (unpaired) electrons. The molecule has 1 aromatic rings. The van der Waals surface area contributed by atoms with Gasteiger partial charge in [-0.05, 0) is 57.7 Å². The van der Waals surface area contributed by atoms with Crippen molar-refractivity contribution in [2.45, 2.75) is 56.6 Å². The number of ether oxygens (including phenoxy) is 1. The third-order valence-corrected chi connectivity index (χ3v) is 6.38. The van der Waals surface area contributed by atoms with E-state index in [4.69, 9.17) is 4.74 Å². The zero-order valence-electron chi connectivity index (χ0n) is 15.3. The number of nitrogens with zero attached hydrogens (tertiary/aromatic N) is 4. The lowest BCUT2D eigenvalue weighted by molar-refractivity contribution is -0.131. The Morgan fingerprint density at radius 3 is 2.64 bits per heavy atom. The summed E-state index contributed by atoms with van der Waals surface area (Å²) in [5.74, 6) is 0.0956. The molecule has 0 saturated carbocycles. The van der Waals surface area contributed by atoms with Crippen LogP contribution in [-0.2, 0) is 11.8 Å². The van der Waals surface area contributed by atoms with E-state index in [-0.39, 0.29) is 11.5 Å². The van der Waals surface area contributed by atoms with Crippen LogP contribution in [-0.4, -0.2) is 69.9 Å². The number of rotatable bonds is 2. The third kappa shape index (κ3) is 3.47. The molecule has 4 heterocycles. The van der Waals surface area contributed by atoms with Crippen LogP contribution >= 0.6 is 0 Å². The summed E-state index contributed by atoms with van der Waals surface area (Å²) < 4.78 is 7.95. The monoisotopic (exact) mass is 346 g/mol.